The number of hydrogen-bond acceptors (Lipinski definition) is 3. The van der Waals surface area contributed by atoms with E-state index in [4.69, 9.17) is 5.11 Å². The van der Waals surface area contributed by atoms with Crippen LogP contribution in [0.3, 0.4) is 0 Å². The normalized spacial score (nSPS) is 12.1. The van der Waals surface area contributed by atoms with E-state index < -0.39 is 5.97 Å². The van der Waals surface area contributed by atoms with Crippen molar-refractivity contribution in [2.24, 2.45) is 0 Å². The molecule has 0 aromatic rings. The second kappa shape index (κ2) is 6.38. The molecule has 0 aromatic heterocycles. The molecule has 1 unspecified atom stereocenters. The molecule has 1 N–H and O–H groups in total. The van der Waals surface area contributed by atoms with Gasteiger partial charge in [0, 0.05) is 0 Å². The summed E-state index contributed by atoms with van der Waals surface area (Å²) in [5, 5.41) is 8.42. The van der Waals surface area contributed by atoms with Crippen molar-refractivity contribution in [1.29, 1.82) is 0 Å². The lowest BCUT2D eigenvalue weighted by atomic mass is 10.2. The molecule has 5 heteroatoms. The van der Waals surface area contributed by atoms with Crippen LogP contribution in [0.1, 0.15) is 12.8 Å². The Kier molecular flexibility index (Phi) is 6.19. The number of carbonyl (C=O) groups is 2. The number of halogens is 1. The fourth-order valence-electron chi connectivity index (χ4n) is 0.517. The summed E-state index contributed by atoms with van der Waals surface area (Å²) in [5.41, 5.74) is 0. The van der Waals surface area contributed by atoms with Gasteiger partial charge < -0.3 is 9.84 Å². The van der Waals surface area contributed by atoms with Crippen LogP contribution in [0, 0.1) is 0 Å². The van der Waals surface area contributed by atoms with Crippen molar-refractivity contribution in [2.45, 2.75) is 16.8 Å². The third-order valence-corrected chi connectivity index (χ3v) is 2.21. The zero-order valence-corrected chi connectivity index (χ0v) is 7.98. The molecule has 64 valence electrons. The number of ether oxygens (including phenoxy) is 1. The van der Waals surface area contributed by atoms with E-state index in [1.807, 2.05) is 22.6 Å². The smallest absolute Gasteiger partial charge is 0.316 e. The second-order valence-electron chi connectivity index (χ2n) is 1.92. The van der Waals surface area contributed by atoms with Crippen LogP contribution in [0.25, 0.3) is 0 Å². The van der Waals surface area contributed by atoms with Crippen molar-refractivity contribution >= 4 is 35.0 Å². The monoisotopic (exact) mass is 272 g/mol. The summed E-state index contributed by atoms with van der Waals surface area (Å²) in [6.07, 6.45) is 1.13. The maximum atomic E-state index is 10.2. The van der Waals surface area contributed by atoms with Crippen molar-refractivity contribution in [3.8, 4) is 0 Å². The predicted octanol–water partition coefficient (Wildman–Crippen LogP) is 0.828. The molecule has 1 atom stereocenters. The molecule has 11 heavy (non-hydrogen) atoms. The lowest BCUT2D eigenvalue weighted by Gasteiger charge is -2.02. The second-order valence-corrected chi connectivity index (χ2v) is 3.42. The van der Waals surface area contributed by atoms with Gasteiger partial charge in [0.15, 0.2) is 0 Å². The highest BCUT2D eigenvalue weighted by atomic mass is 127. The minimum atomic E-state index is -0.822. The maximum absolute atomic E-state index is 10.2. The third-order valence-electron chi connectivity index (χ3n) is 1.06. The number of carboxylic acids is 1. The average Bonchev–Trinajstić information content (AvgIpc) is 1.97. The fourth-order valence-corrected chi connectivity index (χ4v) is 0.958. The quantitative estimate of drug-likeness (QED) is 0.336. The highest BCUT2D eigenvalue weighted by Crippen LogP contribution is 2.08. The first kappa shape index (κ1) is 10.7. The van der Waals surface area contributed by atoms with E-state index in [2.05, 4.69) is 4.74 Å². The summed E-state index contributed by atoms with van der Waals surface area (Å²) in [6, 6.07) is 0. The first-order valence-corrected chi connectivity index (χ1v) is 4.35. The molecule has 0 heterocycles. The Labute approximate surface area is 78.1 Å². The summed E-state index contributed by atoms with van der Waals surface area (Å²) in [5.74, 6) is -0.822. The van der Waals surface area contributed by atoms with Gasteiger partial charge in [-0.15, -0.1) is 0 Å². The van der Waals surface area contributed by atoms with Gasteiger partial charge in [0.05, 0.1) is 6.61 Å². The molecule has 0 aliphatic carbocycles. The number of carbonyl (C=O) groups excluding carboxylic acids is 1. The third kappa shape index (κ3) is 6.08. The highest BCUT2D eigenvalue weighted by Gasteiger charge is 2.11. The predicted molar refractivity (Wildman–Crippen MR) is 46.7 cm³/mol. The van der Waals surface area contributed by atoms with Crippen LogP contribution >= 0.6 is 22.6 Å². The van der Waals surface area contributed by atoms with Crippen molar-refractivity contribution < 1.29 is 19.4 Å². The van der Waals surface area contributed by atoms with Gasteiger partial charge in [-0.25, -0.2) is 0 Å². The fraction of sp³-hybridized carbons (Fsp3) is 0.667. The van der Waals surface area contributed by atoms with Crippen LogP contribution in [0.15, 0.2) is 0 Å². The molecule has 0 aliphatic rings. The molecule has 0 saturated carbocycles. The number of aliphatic carboxylic acids is 1. The summed E-state index contributed by atoms with van der Waals surface area (Å²) < 4.78 is 4.00. The first-order valence-electron chi connectivity index (χ1n) is 3.10. The van der Waals surface area contributed by atoms with Gasteiger partial charge in [-0.2, -0.15) is 0 Å². The van der Waals surface area contributed by atoms with E-state index in [-0.39, 0.29) is 3.92 Å². The molecule has 0 radical (unpaired) electrons. The lowest BCUT2D eigenvalue weighted by Crippen LogP contribution is -2.12. The van der Waals surface area contributed by atoms with Crippen LogP contribution in [-0.2, 0) is 14.3 Å². The van der Waals surface area contributed by atoms with Crippen LogP contribution in [0.4, 0.5) is 0 Å². The summed E-state index contributed by atoms with van der Waals surface area (Å²) in [7, 11) is 0. The Bertz CT molecular complexity index is 137. The molecule has 0 bridgehead atoms. The van der Waals surface area contributed by atoms with E-state index >= 15 is 0 Å². The first-order chi connectivity index (χ1) is 5.18. The molecule has 0 rings (SSSR count). The summed E-state index contributed by atoms with van der Waals surface area (Å²) >= 11 is 1.84. The average molecular weight is 272 g/mol. The molecule has 0 saturated heterocycles. The van der Waals surface area contributed by atoms with Gasteiger partial charge >= 0.3 is 5.97 Å². The van der Waals surface area contributed by atoms with Gasteiger partial charge in [0.25, 0.3) is 6.47 Å². The largest absolute Gasteiger partial charge is 0.480 e. The van der Waals surface area contributed by atoms with E-state index in [1.165, 1.54) is 0 Å². The zero-order chi connectivity index (χ0) is 8.69. The Balaban J connectivity index is 3.24. The summed E-state index contributed by atoms with van der Waals surface area (Å²) in [4.78, 5) is 19.9. The van der Waals surface area contributed by atoms with Gasteiger partial charge in [-0.3, -0.25) is 9.59 Å². The molecule has 4 nitrogen and oxygen atoms in total. The minimum Gasteiger partial charge on any atom is -0.480 e. The Morgan fingerprint density at radius 3 is 2.82 bits per heavy atom. The van der Waals surface area contributed by atoms with Gasteiger partial charge in [0.1, 0.15) is 3.92 Å². The number of alkyl halides is 1. The molecule has 0 aromatic carbocycles. The van der Waals surface area contributed by atoms with Gasteiger partial charge in [-0.1, -0.05) is 22.6 Å². The molecule has 0 amide bonds. The molecular formula is C6H9IO4. The van der Waals surface area contributed by atoms with Crippen LogP contribution < -0.4 is 0 Å². The van der Waals surface area contributed by atoms with Gasteiger partial charge in [0.2, 0.25) is 0 Å². The molecular weight excluding hydrogens is 263 g/mol. The van der Waals surface area contributed by atoms with Gasteiger partial charge in [-0.05, 0) is 12.8 Å². The van der Waals surface area contributed by atoms with Crippen molar-refractivity contribution in [2.75, 3.05) is 6.61 Å². The number of hydrogen-bond donors (Lipinski definition) is 1. The maximum Gasteiger partial charge on any atom is 0.316 e. The Hall–Kier alpha value is -0.330. The van der Waals surface area contributed by atoms with E-state index in [0.717, 1.165) is 0 Å². The van der Waals surface area contributed by atoms with E-state index in [0.29, 0.717) is 25.9 Å². The van der Waals surface area contributed by atoms with Crippen LogP contribution in [0.5, 0.6) is 0 Å². The topological polar surface area (TPSA) is 63.6 Å². The van der Waals surface area contributed by atoms with Crippen LogP contribution in [0.2, 0.25) is 0 Å². The van der Waals surface area contributed by atoms with Crippen molar-refractivity contribution in [3.63, 3.8) is 0 Å². The Morgan fingerprint density at radius 2 is 2.36 bits per heavy atom. The number of carboxylic acid groups (broad SMARTS) is 1. The van der Waals surface area contributed by atoms with Crippen LogP contribution in [-0.4, -0.2) is 28.1 Å². The highest BCUT2D eigenvalue weighted by molar-refractivity contribution is 14.1. The standard InChI is InChI=1S/C6H9IO4/c7-5(6(9)10)2-1-3-11-4-8/h4-5H,1-3H2,(H,9,10). The zero-order valence-electron chi connectivity index (χ0n) is 5.83. The molecule has 0 spiro atoms. The SMILES string of the molecule is O=COCCCC(I)C(=O)O. The molecule has 0 aliphatic heterocycles. The number of rotatable bonds is 6. The van der Waals surface area contributed by atoms with Crippen molar-refractivity contribution in [1.82, 2.24) is 0 Å². The summed E-state index contributed by atoms with van der Waals surface area (Å²) in [6.45, 7) is 0.666. The Morgan fingerprint density at radius 1 is 1.73 bits per heavy atom. The van der Waals surface area contributed by atoms with E-state index in [9.17, 15) is 9.59 Å². The van der Waals surface area contributed by atoms with Crippen molar-refractivity contribution in [3.05, 3.63) is 0 Å². The van der Waals surface area contributed by atoms with E-state index in [1.54, 1.807) is 0 Å². The lowest BCUT2D eigenvalue weighted by molar-refractivity contribution is -0.136. The minimum absolute atomic E-state index is 0.302. The molecule has 0 fully saturated rings.